The van der Waals surface area contributed by atoms with Crippen LogP contribution >= 0.6 is 0 Å². The Morgan fingerprint density at radius 1 is 0.821 bits per heavy atom. The molecular weight excluding hydrogens is 346 g/mol. The first-order valence-electron chi connectivity index (χ1n) is 9.66. The number of nitrogens with one attached hydrogen (secondary N) is 1. The van der Waals surface area contributed by atoms with Gasteiger partial charge in [-0.25, -0.2) is 19.9 Å². The van der Waals surface area contributed by atoms with Crippen molar-refractivity contribution in [1.29, 1.82) is 0 Å². The minimum atomic E-state index is 0.305. The number of hydrogen-bond donors (Lipinski definition) is 1. The summed E-state index contributed by atoms with van der Waals surface area (Å²) < 4.78 is 0. The van der Waals surface area contributed by atoms with Gasteiger partial charge in [0.1, 0.15) is 6.33 Å². The molecule has 28 heavy (non-hydrogen) atoms. The van der Waals surface area contributed by atoms with Crippen LogP contribution in [-0.4, -0.2) is 26.0 Å². The highest BCUT2D eigenvalue weighted by Crippen LogP contribution is 2.31. The highest BCUT2D eigenvalue weighted by Gasteiger charge is 2.16. The Hall–Kier alpha value is -3.34. The minimum Gasteiger partial charge on any atom is -0.366 e. The Morgan fingerprint density at radius 2 is 1.43 bits per heavy atom. The van der Waals surface area contributed by atoms with Crippen LogP contribution in [-0.2, 0) is 0 Å². The zero-order valence-corrected chi connectivity index (χ0v) is 16.1. The molecule has 0 saturated heterocycles. The SMILES string of the molecule is CCCC(C)Nc1ncnc2nc(-c3ccccc3)c(-c3ccccc3)nc12. The first-order valence-corrected chi connectivity index (χ1v) is 9.66. The van der Waals surface area contributed by atoms with Crippen molar-refractivity contribution in [3.8, 4) is 22.5 Å². The van der Waals surface area contributed by atoms with Gasteiger partial charge in [-0.05, 0) is 13.3 Å². The van der Waals surface area contributed by atoms with E-state index < -0.39 is 0 Å². The van der Waals surface area contributed by atoms with E-state index >= 15 is 0 Å². The normalized spacial score (nSPS) is 12.1. The van der Waals surface area contributed by atoms with Crippen molar-refractivity contribution in [2.24, 2.45) is 0 Å². The second-order valence-corrected chi connectivity index (χ2v) is 6.88. The summed E-state index contributed by atoms with van der Waals surface area (Å²) in [6.45, 7) is 4.33. The summed E-state index contributed by atoms with van der Waals surface area (Å²) in [5, 5.41) is 3.47. The lowest BCUT2D eigenvalue weighted by Gasteiger charge is -2.15. The summed E-state index contributed by atoms with van der Waals surface area (Å²) in [5.74, 6) is 0.732. The summed E-state index contributed by atoms with van der Waals surface area (Å²) in [5.41, 5.74) is 4.99. The molecule has 0 aliphatic heterocycles. The molecule has 0 saturated carbocycles. The number of aromatic nitrogens is 4. The van der Waals surface area contributed by atoms with E-state index in [1.807, 2.05) is 48.5 Å². The van der Waals surface area contributed by atoms with Gasteiger partial charge in [-0.2, -0.15) is 0 Å². The van der Waals surface area contributed by atoms with Crippen LogP contribution in [0.5, 0.6) is 0 Å². The van der Waals surface area contributed by atoms with E-state index in [9.17, 15) is 0 Å². The molecule has 0 amide bonds. The first-order chi connectivity index (χ1) is 13.8. The molecule has 0 radical (unpaired) electrons. The largest absolute Gasteiger partial charge is 0.366 e. The smallest absolute Gasteiger partial charge is 0.184 e. The lowest BCUT2D eigenvalue weighted by molar-refractivity contribution is 0.688. The third kappa shape index (κ3) is 3.69. The predicted molar refractivity (Wildman–Crippen MR) is 114 cm³/mol. The first kappa shape index (κ1) is 18.0. The molecule has 0 aliphatic rings. The number of benzene rings is 2. The summed E-state index contributed by atoms with van der Waals surface area (Å²) in [7, 11) is 0. The number of nitrogens with zero attached hydrogens (tertiary/aromatic N) is 4. The van der Waals surface area contributed by atoms with E-state index in [1.165, 1.54) is 0 Å². The van der Waals surface area contributed by atoms with Gasteiger partial charge in [0.25, 0.3) is 0 Å². The zero-order chi connectivity index (χ0) is 19.3. The van der Waals surface area contributed by atoms with Gasteiger partial charge in [-0.1, -0.05) is 74.0 Å². The number of hydrogen-bond acceptors (Lipinski definition) is 5. The van der Waals surface area contributed by atoms with Gasteiger partial charge in [0.05, 0.1) is 11.4 Å². The number of fused-ring (bicyclic) bond motifs is 1. The third-order valence-corrected chi connectivity index (χ3v) is 4.67. The maximum Gasteiger partial charge on any atom is 0.184 e. The highest BCUT2D eigenvalue weighted by atomic mass is 15.1. The Bertz CT molecular complexity index is 1060. The molecule has 5 heteroatoms. The molecule has 0 bridgehead atoms. The second-order valence-electron chi connectivity index (χ2n) is 6.88. The van der Waals surface area contributed by atoms with Gasteiger partial charge >= 0.3 is 0 Å². The van der Waals surface area contributed by atoms with Crippen LogP contribution in [0.1, 0.15) is 26.7 Å². The molecule has 2 aromatic heterocycles. The average Bonchev–Trinajstić information content (AvgIpc) is 2.74. The van der Waals surface area contributed by atoms with E-state index in [1.54, 1.807) is 6.33 Å². The van der Waals surface area contributed by atoms with Crippen LogP contribution in [0.4, 0.5) is 5.82 Å². The fourth-order valence-electron chi connectivity index (χ4n) is 3.32. The zero-order valence-electron chi connectivity index (χ0n) is 16.1. The maximum absolute atomic E-state index is 4.98. The molecule has 1 atom stereocenters. The fourth-order valence-corrected chi connectivity index (χ4v) is 3.32. The predicted octanol–water partition coefficient (Wildman–Crippen LogP) is 5.35. The summed E-state index contributed by atoms with van der Waals surface area (Å²) in [4.78, 5) is 18.7. The quantitative estimate of drug-likeness (QED) is 0.496. The number of anilines is 1. The topological polar surface area (TPSA) is 63.6 Å². The Labute approximate surface area is 164 Å². The minimum absolute atomic E-state index is 0.305. The van der Waals surface area contributed by atoms with Crippen LogP contribution in [0.3, 0.4) is 0 Å². The summed E-state index contributed by atoms with van der Waals surface area (Å²) in [6, 6.07) is 20.6. The van der Waals surface area contributed by atoms with Crippen LogP contribution in [0, 0.1) is 0 Å². The molecule has 4 aromatic rings. The molecule has 1 unspecified atom stereocenters. The third-order valence-electron chi connectivity index (χ3n) is 4.67. The van der Waals surface area contributed by atoms with Crippen molar-refractivity contribution in [3.05, 3.63) is 67.0 Å². The fraction of sp³-hybridized carbons (Fsp3) is 0.217. The van der Waals surface area contributed by atoms with E-state index in [0.717, 1.165) is 41.2 Å². The summed E-state index contributed by atoms with van der Waals surface area (Å²) >= 11 is 0. The lowest BCUT2D eigenvalue weighted by Crippen LogP contribution is -2.16. The molecule has 5 nitrogen and oxygen atoms in total. The molecule has 140 valence electrons. The Kier molecular flexibility index (Phi) is 5.24. The van der Waals surface area contributed by atoms with Crippen molar-refractivity contribution in [2.45, 2.75) is 32.7 Å². The standard InChI is InChI=1S/C23H23N5/c1-3-10-16(2)26-22-21-23(25-15-24-22)28-20(18-13-8-5-9-14-18)19(27-21)17-11-6-4-7-12-17/h4-9,11-16H,3,10H2,1-2H3,(H,24,25,26,28). The van der Waals surface area contributed by atoms with Gasteiger partial charge < -0.3 is 5.32 Å². The molecule has 0 spiro atoms. The van der Waals surface area contributed by atoms with Crippen LogP contribution in [0.15, 0.2) is 67.0 Å². The van der Waals surface area contributed by atoms with E-state index in [0.29, 0.717) is 17.2 Å². The van der Waals surface area contributed by atoms with Crippen molar-refractivity contribution >= 4 is 17.0 Å². The van der Waals surface area contributed by atoms with Crippen molar-refractivity contribution in [1.82, 2.24) is 19.9 Å². The molecular formula is C23H23N5. The van der Waals surface area contributed by atoms with Gasteiger partial charge in [0.2, 0.25) is 0 Å². The van der Waals surface area contributed by atoms with E-state index in [4.69, 9.17) is 9.97 Å². The van der Waals surface area contributed by atoms with Crippen molar-refractivity contribution < 1.29 is 0 Å². The van der Waals surface area contributed by atoms with Crippen molar-refractivity contribution in [2.75, 3.05) is 5.32 Å². The lowest BCUT2D eigenvalue weighted by atomic mass is 10.0. The van der Waals surface area contributed by atoms with Crippen LogP contribution < -0.4 is 5.32 Å². The van der Waals surface area contributed by atoms with E-state index in [-0.39, 0.29) is 0 Å². The van der Waals surface area contributed by atoms with Crippen LogP contribution in [0.25, 0.3) is 33.7 Å². The molecule has 2 heterocycles. The van der Waals surface area contributed by atoms with Crippen LogP contribution in [0.2, 0.25) is 0 Å². The van der Waals surface area contributed by atoms with Gasteiger partial charge in [-0.3, -0.25) is 0 Å². The highest BCUT2D eigenvalue weighted by molar-refractivity contribution is 5.89. The molecule has 4 rings (SSSR count). The van der Waals surface area contributed by atoms with Gasteiger partial charge in [0, 0.05) is 17.2 Å². The summed E-state index contributed by atoms with van der Waals surface area (Å²) in [6.07, 6.45) is 3.72. The number of rotatable bonds is 6. The second kappa shape index (κ2) is 8.13. The molecule has 0 aliphatic carbocycles. The monoisotopic (exact) mass is 369 g/mol. The van der Waals surface area contributed by atoms with Gasteiger partial charge in [-0.15, -0.1) is 0 Å². The molecule has 2 aromatic carbocycles. The van der Waals surface area contributed by atoms with Gasteiger partial charge in [0.15, 0.2) is 17.0 Å². The maximum atomic E-state index is 4.98. The van der Waals surface area contributed by atoms with Crippen molar-refractivity contribution in [3.63, 3.8) is 0 Å². The van der Waals surface area contributed by atoms with E-state index in [2.05, 4.69) is 41.3 Å². The molecule has 1 N–H and O–H groups in total. The average molecular weight is 369 g/mol. The molecule has 0 fully saturated rings. The Balaban J connectivity index is 1.92. The Morgan fingerprint density at radius 3 is 2.04 bits per heavy atom.